The van der Waals surface area contributed by atoms with E-state index in [-0.39, 0.29) is 12.0 Å². The molecule has 9 nitrogen and oxygen atoms in total. The Bertz CT molecular complexity index is 1400. The molecule has 1 atom stereocenters. The van der Waals surface area contributed by atoms with Crippen LogP contribution < -0.4 is 0 Å². The predicted octanol–water partition coefficient (Wildman–Crippen LogP) is 5.47. The molecule has 0 spiro atoms. The first kappa shape index (κ1) is 27.7. The summed E-state index contributed by atoms with van der Waals surface area (Å²) in [5, 5.41) is 14.5. The van der Waals surface area contributed by atoms with Crippen LogP contribution in [-0.4, -0.2) is 57.7 Å². The third kappa shape index (κ3) is 6.01. The van der Waals surface area contributed by atoms with Crippen molar-refractivity contribution in [3.05, 3.63) is 68.9 Å². The molecular weight excluding hydrogens is 552 g/mol. The number of nitrogens with zero attached hydrogens (tertiary/aromatic N) is 6. The maximum Gasteiger partial charge on any atom is 0.282 e. The molecule has 3 aromatic rings. The Morgan fingerprint density at radius 3 is 2.73 bits per heavy atom. The van der Waals surface area contributed by atoms with Gasteiger partial charge in [0, 0.05) is 41.9 Å². The number of rotatable bonds is 9. The average Bonchev–Trinajstić information content (AvgIpc) is 3.72. The largest absolute Gasteiger partial charge is 0.399 e. The van der Waals surface area contributed by atoms with Crippen molar-refractivity contribution in [3.8, 4) is 0 Å². The Hall–Kier alpha value is -3.81. The molecule has 0 saturated carbocycles. The summed E-state index contributed by atoms with van der Waals surface area (Å²) in [6.07, 6.45) is -2.82. The lowest BCUT2D eigenvalue weighted by molar-refractivity contribution is -0.133. The van der Waals surface area contributed by atoms with Crippen LogP contribution in [0.4, 0.5) is 17.6 Å². The van der Waals surface area contributed by atoms with E-state index in [4.69, 9.17) is 14.7 Å². The zero-order valence-corrected chi connectivity index (χ0v) is 22.2. The molecule has 2 aliphatic heterocycles. The second-order valence-electron chi connectivity index (χ2n) is 9.36. The van der Waals surface area contributed by atoms with Crippen LogP contribution in [0.1, 0.15) is 77.4 Å². The number of oxime groups is 2. The van der Waals surface area contributed by atoms with E-state index in [0.29, 0.717) is 43.1 Å². The molecule has 40 heavy (non-hydrogen) atoms. The van der Waals surface area contributed by atoms with E-state index in [2.05, 4.69) is 15.4 Å². The number of carbonyl (C=O) groups is 1. The van der Waals surface area contributed by atoms with Gasteiger partial charge in [0.25, 0.3) is 12.9 Å². The van der Waals surface area contributed by atoms with E-state index in [0.717, 1.165) is 27.5 Å². The van der Waals surface area contributed by atoms with E-state index in [1.807, 2.05) is 29.6 Å². The fraction of sp³-hybridized carbons (Fsp3) is 0.423. The standard InChI is InChI=1S/C26H26F4N6O3S/c1-38-31-12-16-4-2-3-5-17(16)22-11-18(34-39-22)20-14-40-26(32-20)15-6-8-35(9-7-15)23(37)13-36-21(25(29)30)10-19(33-36)24(27)28/h2-5,10,12,14-15,22,24-25H,6-9,11,13H2,1H3/b31-12+. The zero-order chi connectivity index (χ0) is 28.2. The van der Waals surface area contributed by atoms with Crippen molar-refractivity contribution in [2.75, 3.05) is 20.2 Å². The SMILES string of the molecule is CO/N=C/c1ccccc1C1CC(c2csc(C3CCN(C(=O)Cn4nc(C(F)F)cc4C(F)F)CC3)n2)=NO1. The number of amides is 1. The van der Waals surface area contributed by atoms with Gasteiger partial charge in [-0.2, -0.15) is 5.10 Å². The number of carbonyl (C=O) groups excluding carboxylic acids is 1. The van der Waals surface area contributed by atoms with Crippen LogP contribution >= 0.6 is 11.3 Å². The molecule has 212 valence electrons. The Kier molecular flexibility index (Phi) is 8.43. The molecule has 0 bridgehead atoms. The third-order valence-electron chi connectivity index (χ3n) is 6.89. The van der Waals surface area contributed by atoms with Crippen molar-refractivity contribution in [2.24, 2.45) is 10.3 Å². The lowest BCUT2D eigenvalue weighted by Gasteiger charge is -2.31. The minimum absolute atomic E-state index is 0.124. The lowest BCUT2D eigenvalue weighted by atomic mass is 9.97. The highest BCUT2D eigenvalue weighted by Gasteiger charge is 2.30. The monoisotopic (exact) mass is 578 g/mol. The predicted molar refractivity (Wildman–Crippen MR) is 139 cm³/mol. The quantitative estimate of drug-likeness (QED) is 0.191. The van der Waals surface area contributed by atoms with E-state index in [1.54, 1.807) is 11.1 Å². The first-order chi connectivity index (χ1) is 19.3. The highest BCUT2D eigenvalue weighted by molar-refractivity contribution is 7.10. The molecule has 0 N–H and O–H groups in total. The molecule has 1 aromatic carbocycles. The van der Waals surface area contributed by atoms with E-state index in [9.17, 15) is 22.4 Å². The van der Waals surface area contributed by atoms with Gasteiger partial charge < -0.3 is 14.6 Å². The number of aromatic nitrogens is 3. The molecule has 4 heterocycles. The number of hydrogen-bond acceptors (Lipinski definition) is 8. The van der Waals surface area contributed by atoms with E-state index >= 15 is 0 Å². The zero-order valence-electron chi connectivity index (χ0n) is 21.4. The van der Waals surface area contributed by atoms with Crippen LogP contribution in [0.3, 0.4) is 0 Å². The number of likely N-dealkylation sites (tertiary alicyclic amines) is 1. The van der Waals surface area contributed by atoms with Gasteiger partial charge in [-0.1, -0.05) is 34.6 Å². The molecule has 2 aromatic heterocycles. The third-order valence-corrected chi connectivity index (χ3v) is 7.89. The van der Waals surface area contributed by atoms with Crippen molar-refractivity contribution >= 4 is 29.2 Å². The molecule has 1 unspecified atom stereocenters. The molecule has 0 aliphatic carbocycles. The van der Waals surface area contributed by atoms with Gasteiger partial charge in [0.15, 0.2) is 6.10 Å². The van der Waals surface area contributed by atoms with Gasteiger partial charge in [-0.3, -0.25) is 9.48 Å². The highest BCUT2D eigenvalue weighted by Crippen LogP contribution is 2.34. The van der Waals surface area contributed by atoms with Crippen LogP contribution in [0.2, 0.25) is 0 Å². The average molecular weight is 579 g/mol. The number of alkyl halides is 4. The molecule has 14 heteroatoms. The highest BCUT2D eigenvalue weighted by atomic mass is 32.1. The molecule has 1 amide bonds. The van der Waals surface area contributed by atoms with Gasteiger partial charge in [-0.25, -0.2) is 22.5 Å². The molecule has 1 saturated heterocycles. The fourth-order valence-electron chi connectivity index (χ4n) is 4.80. The number of halogens is 4. The summed E-state index contributed by atoms with van der Waals surface area (Å²) in [5.74, 6) is -0.317. The van der Waals surface area contributed by atoms with Crippen molar-refractivity contribution < 1.29 is 32.0 Å². The van der Waals surface area contributed by atoms with Gasteiger partial charge in [0.1, 0.15) is 30.8 Å². The molecule has 1 fully saturated rings. The minimum atomic E-state index is -3.01. The number of hydrogen-bond donors (Lipinski definition) is 0. The fourth-order valence-corrected chi connectivity index (χ4v) is 5.80. The topological polar surface area (TPSA) is 94.2 Å². The number of piperidine rings is 1. The maximum atomic E-state index is 13.3. The summed E-state index contributed by atoms with van der Waals surface area (Å²) in [7, 11) is 1.48. The van der Waals surface area contributed by atoms with Crippen molar-refractivity contribution in [3.63, 3.8) is 0 Å². The van der Waals surface area contributed by atoms with Crippen LogP contribution in [0.15, 0.2) is 46.0 Å². The molecule has 5 rings (SSSR count). The second kappa shape index (κ2) is 12.1. The lowest BCUT2D eigenvalue weighted by Crippen LogP contribution is -2.40. The Morgan fingerprint density at radius 1 is 1.23 bits per heavy atom. The Balaban J connectivity index is 1.17. The van der Waals surface area contributed by atoms with Crippen molar-refractivity contribution in [2.45, 2.75) is 50.7 Å². The second-order valence-corrected chi connectivity index (χ2v) is 10.3. The smallest absolute Gasteiger partial charge is 0.282 e. The first-order valence-corrected chi connectivity index (χ1v) is 13.5. The summed E-state index contributed by atoms with van der Waals surface area (Å²) >= 11 is 1.52. The number of thiazole rings is 1. The Morgan fingerprint density at radius 2 is 2.00 bits per heavy atom. The summed E-state index contributed by atoms with van der Waals surface area (Å²) in [6.45, 7) is 0.286. The van der Waals surface area contributed by atoms with Gasteiger partial charge in [0.05, 0.1) is 16.9 Å². The molecular formula is C26H26F4N6O3S. The van der Waals surface area contributed by atoms with Gasteiger partial charge in [-0.05, 0) is 18.9 Å². The summed E-state index contributed by atoms with van der Waals surface area (Å²) in [6, 6.07) is 8.35. The van der Waals surface area contributed by atoms with Crippen LogP contribution in [0, 0.1) is 0 Å². The first-order valence-electron chi connectivity index (χ1n) is 12.6. The molecule has 0 radical (unpaired) electrons. The van der Waals surface area contributed by atoms with Gasteiger partial charge in [-0.15, -0.1) is 11.3 Å². The number of benzene rings is 1. The van der Waals surface area contributed by atoms with Crippen LogP contribution in [0.5, 0.6) is 0 Å². The Labute approximate surface area is 231 Å². The summed E-state index contributed by atoms with van der Waals surface area (Å²) in [4.78, 5) is 29.6. The van der Waals surface area contributed by atoms with Crippen LogP contribution in [-0.2, 0) is 21.0 Å². The normalized spacial score (nSPS) is 18.1. The van der Waals surface area contributed by atoms with Gasteiger partial charge >= 0.3 is 0 Å². The molecule has 2 aliphatic rings. The van der Waals surface area contributed by atoms with Crippen LogP contribution in [0.25, 0.3) is 0 Å². The summed E-state index contributed by atoms with van der Waals surface area (Å²) in [5.41, 5.74) is 1.85. The van der Waals surface area contributed by atoms with Gasteiger partial charge in [0.2, 0.25) is 5.91 Å². The van der Waals surface area contributed by atoms with Crippen molar-refractivity contribution in [1.82, 2.24) is 19.7 Å². The minimum Gasteiger partial charge on any atom is -0.399 e. The maximum absolute atomic E-state index is 13.3. The summed E-state index contributed by atoms with van der Waals surface area (Å²) < 4.78 is 53.1. The van der Waals surface area contributed by atoms with E-state index in [1.165, 1.54) is 18.4 Å². The van der Waals surface area contributed by atoms with E-state index < -0.39 is 36.7 Å². The van der Waals surface area contributed by atoms with Crippen molar-refractivity contribution in [1.29, 1.82) is 0 Å².